The maximum absolute atomic E-state index is 13.9. The summed E-state index contributed by atoms with van der Waals surface area (Å²) in [4.78, 5) is 80.5. The van der Waals surface area contributed by atoms with Crippen molar-refractivity contribution in [3.05, 3.63) is 11.8 Å². The van der Waals surface area contributed by atoms with E-state index >= 15 is 0 Å². The van der Waals surface area contributed by atoms with Gasteiger partial charge in [0.1, 0.15) is 69.9 Å². The highest BCUT2D eigenvalue weighted by molar-refractivity contribution is 5.82. The standard InChI is InChI=1S/C53H93N7O19/c1-48(2,3)75-43(65)55-26-34(61)40(64)56-32-24-33(59-46(68)78-51(10,11)12)38(35(62)37(32)74-42-36(63)39(53(16,70)27-71-42)60(17)47(69)79-52(13,14)15)73-41-31(58-45(67)77-50(7,8)9)21-20-29(72-41)25-54-23-22-30(28-18-19-28)57-44(66)76-49(4,5)6/h20,28,30-39,41-42,54,61-63,70H,18-19,21-27H2,1-17H3,(H,55,65)(H,56,64)(H,57,66)(H,58,67)(H,59,68)/t30?,31-,32-,33+,34+,35-,36-,37+,38-,39-,41-,42-,53+/m1/s1. The number of likely N-dealkylation sites (N-methyl/N-ethyl adjacent to an activating group) is 1. The lowest BCUT2D eigenvalue weighted by molar-refractivity contribution is -0.311. The molecule has 6 amide bonds. The van der Waals surface area contributed by atoms with Crippen LogP contribution in [0.4, 0.5) is 24.0 Å². The van der Waals surface area contributed by atoms with Gasteiger partial charge >= 0.3 is 30.5 Å². The van der Waals surface area contributed by atoms with Gasteiger partial charge in [-0.2, -0.15) is 0 Å². The third-order valence-electron chi connectivity index (χ3n) is 12.3. The molecule has 0 aromatic rings. The summed E-state index contributed by atoms with van der Waals surface area (Å²) in [5.41, 5.74) is -6.38. The van der Waals surface area contributed by atoms with Gasteiger partial charge in [0.15, 0.2) is 6.29 Å². The maximum Gasteiger partial charge on any atom is 0.410 e. The van der Waals surface area contributed by atoms with Crippen molar-refractivity contribution >= 4 is 36.4 Å². The van der Waals surface area contributed by atoms with Gasteiger partial charge in [0.05, 0.1) is 43.9 Å². The monoisotopic (exact) mass is 1130 g/mol. The zero-order valence-electron chi connectivity index (χ0n) is 49.3. The second kappa shape index (κ2) is 26.7. The molecule has 0 aromatic heterocycles. The first-order chi connectivity index (χ1) is 36.1. The van der Waals surface area contributed by atoms with E-state index in [4.69, 9.17) is 42.6 Å². The van der Waals surface area contributed by atoms with Crippen molar-refractivity contribution in [3.8, 4) is 0 Å². The summed E-state index contributed by atoms with van der Waals surface area (Å²) in [5, 5.41) is 64.2. The summed E-state index contributed by atoms with van der Waals surface area (Å²) in [5.74, 6) is -0.401. The Morgan fingerprint density at radius 3 is 1.72 bits per heavy atom. The number of carbonyl (C=O) groups excluding carboxylic acids is 6. The normalized spacial score (nSPS) is 28.5. The Labute approximate surface area is 464 Å². The summed E-state index contributed by atoms with van der Waals surface area (Å²) >= 11 is 0. The third kappa shape index (κ3) is 22.5. The number of rotatable bonds is 18. The highest BCUT2D eigenvalue weighted by Crippen LogP contribution is 2.36. The summed E-state index contributed by atoms with van der Waals surface area (Å²) in [6.45, 7) is 25.9. The Morgan fingerprint density at radius 2 is 1.19 bits per heavy atom. The molecule has 0 radical (unpaired) electrons. The molecule has 454 valence electrons. The molecule has 2 aliphatic heterocycles. The van der Waals surface area contributed by atoms with Crippen molar-refractivity contribution < 1.29 is 91.8 Å². The van der Waals surface area contributed by atoms with Crippen LogP contribution in [0, 0.1) is 5.92 Å². The van der Waals surface area contributed by atoms with Crippen molar-refractivity contribution in [2.45, 2.75) is 250 Å². The molecule has 4 aliphatic rings. The second-order valence-electron chi connectivity index (χ2n) is 26.0. The average Bonchev–Trinajstić information content (AvgIpc) is 4.10. The van der Waals surface area contributed by atoms with Gasteiger partial charge in [-0.15, -0.1) is 0 Å². The molecule has 3 fully saturated rings. The van der Waals surface area contributed by atoms with Crippen LogP contribution in [-0.4, -0.2) is 202 Å². The van der Waals surface area contributed by atoms with Crippen molar-refractivity contribution in [2.75, 3.05) is 33.3 Å². The fourth-order valence-electron chi connectivity index (χ4n) is 8.96. The number of aliphatic hydroxyl groups is 4. The number of nitrogens with zero attached hydrogens (tertiary/aromatic N) is 1. The lowest BCUT2D eigenvalue weighted by Crippen LogP contribution is -2.71. The first-order valence-corrected chi connectivity index (χ1v) is 27.1. The van der Waals surface area contributed by atoms with E-state index in [0.29, 0.717) is 24.6 Å². The van der Waals surface area contributed by atoms with Gasteiger partial charge in [0.2, 0.25) is 6.29 Å². The SMILES string of the molecule is CN(C(=O)OC(C)(C)C)[C@@H]1[C@@H](O)[C@@H](O[C@@H]2[C@@H](O)[C@H](O[C@H]3OC(CNCCC(NC(=O)OC(C)(C)C)C4CC4)=CC[C@H]3NC(=O)OC(C)(C)C)[C@@H](NC(=O)OC(C)(C)C)C[C@H]2NC(=O)[C@@H](O)CNC(=O)OC(C)(C)C)OC[C@]1(C)O. The minimum Gasteiger partial charge on any atom is -0.466 e. The smallest absolute Gasteiger partial charge is 0.410 e. The number of ether oxygens (including phenoxy) is 9. The van der Waals surface area contributed by atoms with E-state index < -0.39 is 150 Å². The van der Waals surface area contributed by atoms with Gasteiger partial charge in [-0.25, -0.2) is 24.0 Å². The summed E-state index contributed by atoms with van der Waals surface area (Å²) < 4.78 is 52.9. The van der Waals surface area contributed by atoms with Gasteiger partial charge < -0.3 is 99.9 Å². The Balaban J connectivity index is 1.72. The maximum atomic E-state index is 13.9. The molecule has 1 unspecified atom stereocenters. The summed E-state index contributed by atoms with van der Waals surface area (Å²) in [7, 11) is 1.31. The van der Waals surface area contributed by atoms with E-state index in [1.807, 2.05) is 0 Å². The highest BCUT2D eigenvalue weighted by atomic mass is 16.7. The van der Waals surface area contributed by atoms with Gasteiger partial charge in [0, 0.05) is 13.1 Å². The minimum absolute atomic E-state index is 0.112. The van der Waals surface area contributed by atoms with Crippen molar-refractivity contribution in [1.29, 1.82) is 0 Å². The van der Waals surface area contributed by atoms with E-state index in [2.05, 4.69) is 31.9 Å². The molecule has 4 rings (SSSR count). The van der Waals surface area contributed by atoms with Gasteiger partial charge in [0.25, 0.3) is 5.91 Å². The molecule has 26 nitrogen and oxygen atoms in total. The molecule has 2 heterocycles. The van der Waals surface area contributed by atoms with Crippen molar-refractivity contribution in [2.24, 2.45) is 5.92 Å². The lowest BCUT2D eigenvalue weighted by Gasteiger charge is -2.50. The predicted molar refractivity (Wildman–Crippen MR) is 284 cm³/mol. The summed E-state index contributed by atoms with van der Waals surface area (Å²) in [6, 6.07) is -5.28. The lowest BCUT2D eigenvalue weighted by atomic mass is 9.82. The first kappa shape index (κ1) is 66.6. The van der Waals surface area contributed by atoms with Gasteiger partial charge in [-0.05, 0) is 161 Å². The Hall–Kier alpha value is -4.96. The topological polar surface area (TPSA) is 342 Å². The number of amides is 6. The number of aliphatic hydroxyl groups excluding tert-OH is 3. The molecule has 0 aromatic carbocycles. The first-order valence-electron chi connectivity index (χ1n) is 27.1. The van der Waals surface area contributed by atoms with E-state index in [1.54, 1.807) is 110 Å². The fourth-order valence-corrected chi connectivity index (χ4v) is 8.96. The van der Waals surface area contributed by atoms with Crippen LogP contribution in [0.5, 0.6) is 0 Å². The molecular weight excluding hydrogens is 1040 g/mol. The highest BCUT2D eigenvalue weighted by Gasteiger charge is 2.55. The van der Waals surface area contributed by atoms with E-state index in [-0.39, 0.29) is 25.4 Å². The average molecular weight is 1130 g/mol. The number of carbonyl (C=O) groups is 6. The third-order valence-corrected chi connectivity index (χ3v) is 12.3. The minimum atomic E-state index is -1.94. The number of hydrogen-bond donors (Lipinski definition) is 10. The molecule has 2 aliphatic carbocycles. The number of hydrogen-bond acceptors (Lipinski definition) is 20. The molecule has 79 heavy (non-hydrogen) atoms. The van der Waals surface area contributed by atoms with E-state index in [1.165, 1.54) is 14.0 Å². The quantitative estimate of drug-likeness (QED) is 0.0695. The molecular formula is C53H93N7O19. The number of nitrogens with one attached hydrogen (secondary N) is 6. The zero-order chi connectivity index (χ0) is 59.8. The molecule has 0 bridgehead atoms. The molecule has 2 saturated carbocycles. The van der Waals surface area contributed by atoms with Gasteiger partial charge in [-0.3, -0.25) is 4.79 Å². The van der Waals surface area contributed by atoms with E-state index in [0.717, 1.165) is 17.7 Å². The number of alkyl carbamates (subject to hydrolysis) is 4. The van der Waals surface area contributed by atoms with Crippen LogP contribution in [-0.2, 0) is 47.4 Å². The van der Waals surface area contributed by atoms with Crippen LogP contribution < -0.4 is 31.9 Å². The largest absolute Gasteiger partial charge is 0.466 e. The van der Waals surface area contributed by atoms with E-state index in [9.17, 15) is 49.2 Å². The molecule has 26 heteroatoms. The van der Waals surface area contributed by atoms with Crippen molar-refractivity contribution in [3.63, 3.8) is 0 Å². The molecule has 0 spiro atoms. The fraction of sp³-hybridized carbons (Fsp3) is 0.849. The Bertz CT molecular complexity index is 2110. The van der Waals surface area contributed by atoms with Crippen molar-refractivity contribution in [1.82, 2.24) is 36.8 Å². The Morgan fingerprint density at radius 1 is 0.696 bits per heavy atom. The van der Waals surface area contributed by atoms with Crippen LogP contribution in [0.2, 0.25) is 0 Å². The molecule has 10 N–H and O–H groups in total. The second-order valence-corrected chi connectivity index (χ2v) is 26.0. The Kier molecular flexibility index (Phi) is 22.5. The van der Waals surface area contributed by atoms with Crippen LogP contribution in [0.1, 0.15) is 143 Å². The van der Waals surface area contributed by atoms with Crippen LogP contribution in [0.25, 0.3) is 0 Å². The van der Waals surface area contributed by atoms with Crippen LogP contribution >= 0.6 is 0 Å². The van der Waals surface area contributed by atoms with Crippen LogP contribution in [0.15, 0.2) is 11.8 Å². The molecule has 13 atom stereocenters. The van der Waals surface area contributed by atoms with Crippen LogP contribution in [0.3, 0.4) is 0 Å². The summed E-state index contributed by atoms with van der Waals surface area (Å²) in [6.07, 6.45) is -12.3. The van der Waals surface area contributed by atoms with Gasteiger partial charge in [-0.1, -0.05) is 0 Å². The zero-order valence-corrected chi connectivity index (χ0v) is 49.3. The molecule has 1 saturated heterocycles. The predicted octanol–water partition coefficient (Wildman–Crippen LogP) is 3.30.